The largest absolute Gasteiger partial charge is 0.393 e. The third kappa shape index (κ3) is 14.0. The Morgan fingerprint density at radius 3 is 1.71 bits per heavy atom. The molecular weight excluding hydrogens is 176 g/mol. The molecule has 2 heteroatoms. The zero-order valence-electron chi connectivity index (χ0n) is 9.83. The van der Waals surface area contributed by atoms with Crippen molar-refractivity contribution in [2.24, 2.45) is 5.92 Å². The van der Waals surface area contributed by atoms with E-state index in [4.69, 9.17) is 10.2 Å². The second-order valence-corrected chi connectivity index (χ2v) is 3.85. The zero-order chi connectivity index (χ0) is 11.7. The van der Waals surface area contributed by atoms with Gasteiger partial charge in [0.05, 0.1) is 12.2 Å². The molecule has 2 N–H and O–H groups in total. The van der Waals surface area contributed by atoms with Gasteiger partial charge in [0.15, 0.2) is 0 Å². The average molecular weight is 200 g/mol. The Balaban J connectivity index is 0. The quantitative estimate of drug-likeness (QED) is 0.685. The van der Waals surface area contributed by atoms with Gasteiger partial charge in [-0.3, -0.25) is 0 Å². The van der Waals surface area contributed by atoms with Crippen LogP contribution in [0.4, 0.5) is 0 Å². The van der Waals surface area contributed by atoms with E-state index in [-0.39, 0.29) is 18.1 Å². The van der Waals surface area contributed by atoms with Gasteiger partial charge in [0.1, 0.15) is 0 Å². The van der Waals surface area contributed by atoms with Gasteiger partial charge in [-0.15, -0.1) is 13.2 Å². The lowest BCUT2D eigenvalue weighted by Crippen LogP contribution is -2.08. The molecule has 0 aromatic rings. The van der Waals surface area contributed by atoms with Crippen molar-refractivity contribution < 1.29 is 10.2 Å². The maximum atomic E-state index is 8.75. The van der Waals surface area contributed by atoms with E-state index < -0.39 is 0 Å². The molecule has 0 aromatic carbocycles. The summed E-state index contributed by atoms with van der Waals surface area (Å²) in [4.78, 5) is 0. The van der Waals surface area contributed by atoms with E-state index in [1.807, 2.05) is 13.8 Å². The third-order valence-corrected chi connectivity index (χ3v) is 1.78. The van der Waals surface area contributed by atoms with Crippen molar-refractivity contribution in [2.75, 3.05) is 0 Å². The lowest BCUT2D eigenvalue weighted by molar-refractivity contribution is 0.157. The smallest absolute Gasteiger partial charge is 0.0571 e. The van der Waals surface area contributed by atoms with Gasteiger partial charge in [0.25, 0.3) is 0 Å². The molecule has 3 atom stereocenters. The van der Waals surface area contributed by atoms with E-state index in [9.17, 15) is 0 Å². The highest BCUT2D eigenvalue weighted by Gasteiger charge is 2.00. The second kappa shape index (κ2) is 8.97. The van der Waals surface area contributed by atoms with Gasteiger partial charge in [-0.25, -0.2) is 0 Å². The summed E-state index contributed by atoms with van der Waals surface area (Å²) in [5.74, 6) is 0.222. The molecule has 3 unspecified atom stereocenters. The summed E-state index contributed by atoms with van der Waals surface area (Å²) in [6.07, 6.45) is 1.99. The molecule has 0 aliphatic carbocycles. The fourth-order valence-electron chi connectivity index (χ4n) is 0.701. The molecule has 0 fully saturated rings. The molecule has 0 aliphatic heterocycles. The zero-order valence-corrected chi connectivity index (χ0v) is 9.83. The van der Waals surface area contributed by atoms with Crippen LogP contribution in [0.15, 0.2) is 24.8 Å². The lowest BCUT2D eigenvalue weighted by Gasteiger charge is -2.06. The number of hydrogen-bond donors (Lipinski definition) is 2. The monoisotopic (exact) mass is 200 g/mol. The summed E-state index contributed by atoms with van der Waals surface area (Å²) < 4.78 is 0. The Morgan fingerprint density at radius 1 is 1.29 bits per heavy atom. The van der Waals surface area contributed by atoms with Crippen molar-refractivity contribution in [3.05, 3.63) is 24.8 Å². The van der Waals surface area contributed by atoms with Crippen molar-refractivity contribution in [1.29, 1.82) is 0 Å². The van der Waals surface area contributed by atoms with Gasteiger partial charge >= 0.3 is 0 Å². The van der Waals surface area contributed by atoms with Gasteiger partial charge in [-0.2, -0.15) is 0 Å². The van der Waals surface area contributed by atoms with Gasteiger partial charge in [0.2, 0.25) is 0 Å². The van der Waals surface area contributed by atoms with Crippen LogP contribution in [0.1, 0.15) is 34.1 Å². The standard InChI is InChI=1S/2C6H12O/c1-5(2)4-6(3)7;1-4-5(2)6(3)7/h6-7H,1,4H2,2-3H3;4-7H,1H2,2-3H3. The molecule has 0 radical (unpaired) electrons. The minimum atomic E-state index is -0.252. The van der Waals surface area contributed by atoms with Crippen LogP contribution in [0.2, 0.25) is 0 Å². The van der Waals surface area contributed by atoms with Crippen LogP contribution in [-0.4, -0.2) is 22.4 Å². The van der Waals surface area contributed by atoms with E-state index in [1.165, 1.54) is 0 Å². The van der Waals surface area contributed by atoms with Gasteiger partial charge in [0, 0.05) is 0 Å². The van der Waals surface area contributed by atoms with Crippen LogP contribution in [0.3, 0.4) is 0 Å². The SMILES string of the molecule is C=C(C)CC(C)O.C=CC(C)C(C)O. The van der Waals surface area contributed by atoms with E-state index in [0.29, 0.717) is 0 Å². The molecule has 0 amide bonds. The van der Waals surface area contributed by atoms with Crippen molar-refractivity contribution in [3.8, 4) is 0 Å². The first-order valence-electron chi connectivity index (χ1n) is 4.94. The topological polar surface area (TPSA) is 40.5 Å². The first kappa shape index (κ1) is 15.9. The second-order valence-electron chi connectivity index (χ2n) is 3.85. The molecule has 0 saturated carbocycles. The Bertz CT molecular complexity index is 160. The Labute approximate surface area is 88.0 Å². The van der Waals surface area contributed by atoms with Crippen molar-refractivity contribution in [3.63, 3.8) is 0 Å². The molecule has 0 bridgehead atoms. The molecule has 0 rings (SSSR count). The summed E-state index contributed by atoms with van der Waals surface area (Å²) in [6, 6.07) is 0. The predicted octanol–water partition coefficient (Wildman–Crippen LogP) is 2.52. The molecule has 84 valence electrons. The number of rotatable bonds is 4. The van der Waals surface area contributed by atoms with Crippen LogP contribution in [0.5, 0.6) is 0 Å². The lowest BCUT2D eigenvalue weighted by atomic mass is 10.1. The Morgan fingerprint density at radius 2 is 1.71 bits per heavy atom. The van der Waals surface area contributed by atoms with Crippen LogP contribution in [0.25, 0.3) is 0 Å². The molecule has 14 heavy (non-hydrogen) atoms. The first-order chi connectivity index (χ1) is 6.31. The van der Waals surface area contributed by atoms with E-state index >= 15 is 0 Å². The fraction of sp³-hybridized carbons (Fsp3) is 0.667. The van der Waals surface area contributed by atoms with E-state index in [2.05, 4.69) is 13.2 Å². The minimum Gasteiger partial charge on any atom is -0.393 e. The predicted molar refractivity (Wildman–Crippen MR) is 62.2 cm³/mol. The van der Waals surface area contributed by atoms with E-state index in [0.717, 1.165) is 12.0 Å². The maximum Gasteiger partial charge on any atom is 0.0571 e. The normalized spacial score (nSPS) is 15.9. The summed E-state index contributed by atoms with van der Waals surface area (Å²) in [6.45, 7) is 14.5. The molecule has 2 nitrogen and oxygen atoms in total. The maximum absolute atomic E-state index is 8.75. The average Bonchev–Trinajstić information content (AvgIpc) is 2.01. The van der Waals surface area contributed by atoms with Crippen LogP contribution in [0, 0.1) is 5.92 Å². The van der Waals surface area contributed by atoms with E-state index in [1.54, 1.807) is 19.9 Å². The molecule has 0 saturated heterocycles. The van der Waals surface area contributed by atoms with Gasteiger partial charge in [-0.05, 0) is 33.1 Å². The van der Waals surface area contributed by atoms with Crippen molar-refractivity contribution in [2.45, 2.75) is 46.3 Å². The fourth-order valence-corrected chi connectivity index (χ4v) is 0.701. The van der Waals surface area contributed by atoms with Gasteiger partial charge < -0.3 is 10.2 Å². The summed E-state index contributed by atoms with van der Waals surface area (Å²) >= 11 is 0. The number of aliphatic hydroxyl groups excluding tert-OH is 2. The number of hydrogen-bond acceptors (Lipinski definition) is 2. The highest BCUT2D eigenvalue weighted by atomic mass is 16.3. The highest BCUT2D eigenvalue weighted by Crippen LogP contribution is 2.00. The third-order valence-electron chi connectivity index (χ3n) is 1.78. The summed E-state index contributed by atoms with van der Waals surface area (Å²) in [5, 5.41) is 17.4. The minimum absolute atomic E-state index is 0.222. The van der Waals surface area contributed by atoms with Crippen molar-refractivity contribution >= 4 is 0 Å². The molecule has 0 spiro atoms. The van der Waals surface area contributed by atoms with Crippen LogP contribution < -0.4 is 0 Å². The highest BCUT2D eigenvalue weighted by molar-refractivity contribution is 4.89. The molecule has 0 aromatic heterocycles. The van der Waals surface area contributed by atoms with Crippen molar-refractivity contribution in [1.82, 2.24) is 0 Å². The summed E-state index contributed by atoms with van der Waals surface area (Å²) in [5.41, 5.74) is 1.04. The molecule has 0 heterocycles. The summed E-state index contributed by atoms with van der Waals surface area (Å²) in [7, 11) is 0. The number of aliphatic hydroxyl groups is 2. The van der Waals surface area contributed by atoms with Gasteiger partial charge in [-0.1, -0.05) is 18.6 Å². The Kier molecular flexibility index (Phi) is 10.2. The molecule has 0 aliphatic rings. The first-order valence-corrected chi connectivity index (χ1v) is 4.94. The Hall–Kier alpha value is -0.600. The molecular formula is C12H24O2. The van der Waals surface area contributed by atoms with Crippen LogP contribution >= 0.6 is 0 Å². The van der Waals surface area contributed by atoms with Crippen LogP contribution in [-0.2, 0) is 0 Å².